The average molecular weight is 165 g/mol. The fourth-order valence-electron chi connectivity index (χ4n) is 0.283. The lowest BCUT2D eigenvalue weighted by atomic mass is 10.2. The van der Waals surface area contributed by atoms with E-state index in [0.29, 0.717) is 0 Å². The highest BCUT2D eigenvalue weighted by Gasteiger charge is 2.08. The molecule has 0 aliphatic carbocycles. The van der Waals surface area contributed by atoms with Crippen molar-refractivity contribution >= 4 is 21.6 Å². The summed E-state index contributed by atoms with van der Waals surface area (Å²) in [4.78, 5) is 9.97. The number of nitrogens with two attached hydrogens (primary N) is 1. The standard InChI is InChI=1S/C4H7NO4S/c5-3(4(6)7)1-2-10(8)9/h2-3H,1,5H2,(H,6,7). The Bertz CT molecular complexity index is 234. The summed E-state index contributed by atoms with van der Waals surface area (Å²) < 4.78 is 19.6. The minimum absolute atomic E-state index is 0.161. The molecule has 0 aromatic carbocycles. The van der Waals surface area contributed by atoms with Crippen molar-refractivity contribution in [3.8, 4) is 0 Å². The Kier molecular flexibility index (Phi) is 3.67. The summed E-state index contributed by atoms with van der Waals surface area (Å²) in [5, 5.41) is 8.97. The third-order valence-electron chi connectivity index (χ3n) is 0.803. The molecule has 0 fully saturated rings. The van der Waals surface area contributed by atoms with Gasteiger partial charge in [-0.15, -0.1) is 0 Å². The second-order valence-electron chi connectivity index (χ2n) is 1.61. The van der Waals surface area contributed by atoms with Crippen LogP contribution in [0.25, 0.3) is 0 Å². The van der Waals surface area contributed by atoms with E-state index in [-0.39, 0.29) is 6.42 Å². The van der Waals surface area contributed by atoms with Crippen molar-refractivity contribution in [3.63, 3.8) is 0 Å². The van der Waals surface area contributed by atoms with Crippen LogP contribution in [0.3, 0.4) is 0 Å². The van der Waals surface area contributed by atoms with Crippen LogP contribution in [0.1, 0.15) is 6.42 Å². The molecule has 0 aromatic rings. The molecule has 0 rings (SSSR count). The molecule has 0 radical (unpaired) electrons. The van der Waals surface area contributed by atoms with Gasteiger partial charge in [-0.2, -0.15) is 8.42 Å². The quantitative estimate of drug-likeness (QED) is 0.494. The molecule has 0 amide bonds. The predicted molar refractivity (Wildman–Crippen MR) is 35.2 cm³/mol. The number of rotatable bonds is 3. The van der Waals surface area contributed by atoms with Crippen LogP contribution in [0.4, 0.5) is 0 Å². The highest BCUT2D eigenvalue weighted by molar-refractivity contribution is 7.71. The first-order valence-corrected chi connectivity index (χ1v) is 3.57. The fourth-order valence-corrected chi connectivity index (χ4v) is 0.648. The highest BCUT2D eigenvalue weighted by Crippen LogP contribution is 1.81. The van der Waals surface area contributed by atoms with E-state index in [2.05, 4.69) is 0 Å². The van der Waals surface area contributed by atoms with Gasteiger partial charge in [0.25, 0.3) is 0 Å². The van der Waals surface area contributed by atoms with Crippen molar-refractivity contribution in [3.05, 3.63) is 0 Å². The first-order chi connectivity index (χ1) is 4.54. The molecule has 1 atom stereocenters. The van der Waals surface area contributed by atoms with Gasteiger partial charge in [0.1, 0.15) is 6.04 Å². The minimum Gasteiger partial charge on any atom is -0.480 e. The summed E-state index contributed by atoms with van der Waals surface area (Å²) >= 11 is 0. The van der Waals surface area contributed by atoms with Gasteiger partial charge in [0.15, 0.2) is 0 Å². The lowest BCUT2D eigenvalue weighted by Gasteiger charge is -1.97. The number of carboxylic acid groups (broad SMARTS) is 1. The van der Waals surface area contributed by atoms with E-state index in [0.717, 1.165) is 5.37 Å². The SMILES string of the molecule is NC(CC=S(=O)=O)C(=O)O. The Balaban J connectivity index is 3.94. The average Bonchev–Trinajstić information content (AvgIpc) is 1.82. The van der Waals surface area contributed by atoms with E-state index in [1.165, 1.54) is 0 Å². The van der Waals surface area contributed by atoms with Gasteiger partial charge in [-0.25, -0.2) is 0 Å². The first-order valence-electron chi connectivity index (χ1n) is 2.44. The number of hydrogen-bond acceptors (Lipinski definition) is 4. The number of carbonyl (C=O) groups is 1. The Hall–Kier alpha value is -0.880. The summed E-state index contributed by atoms with van der Waals surface area (Å²) in [5.41, 5.74) is 4.96. The summed E-state index contributed by atoms with van der Waals surface area (Å²) in [5.74, 6) is -1.21. The number of carboxylic acids is 1. The highest BCUT2D eigenvalue weighted by atomic mass is 32.2. The van der Waals surface area contributed by atoms with Crippen LogP contribution in [-0.2, 0) is 15.1 Å². The normalized spacial score (nSPS) is 12.1. The van der Waals surface area contributed by atoms with Crippen molar-refractivity contribution in [2.45, 2.75) is 12.5 Å². The van der Waals surface area contributed by atoms with Gasteiger partial charge in [0, 0.05) is 11.8 Å². The van der Waals surface area contributed by atoms with Crippen molar-refractivity contribution in [2.75, 3.05) is 0 Å². The van der Waals surface area contributed by atoms with Crippen LogP contribution in [0.15, 0.2) is 0 Å². The van der Waals surface area contributed by atoms with Crippen LogP contribution in [0.5, 0.6) is 0 Å². The Morgan fingerprint density at radius 1 is 1.70 bits per heavy atom. The zero-order valence-corrected chi connectivity index (χ0v) is 5.84. The third kappa shape index (κ3) is 4.04. The van der Waals surface area contributed by atoms with Gasteiger partial charge >= 0.3 is 5.97 Å². The predicted octanol–water partition coefficient (Wildman–Crippen LogP) is -1.53. The minimum atomic E-state index is -2.32. The molecule has 5 nitrogen and oxygen atoms in total. The van der Waals surface area contributed by atoms with Gasteiger partial charge in [-0.05, 0) is 0 Å². The van der Waals surface area contributed by atoms with Crippen LogP contribution in [0.2, 0.25) is 0 Å². The van der Waals surface area contributed by atoms with Crippen molar-refractivity contribution < 1.29 is 18.3 Å². The Morgan fingerprint density at radius 3 is 2.50 bits per heavy atom. The van der Waals surface area contributed by atoms with Crippen LogP contribution < -0.4 is 5.73 Å². The van der Waals surface area contributed by atoms with Crippen molar-refractivity contribution in [1.29, 1.82) is 0 Å². The second kappa shape index (κ2) is 4.02. The van der Waals surface area contributed by atoms with Gasteiger partial charge in [0.05, 0.1) is 0 Å². The lowest BCUT2D eigenvalue weighted by molar-refractivity contribution is -0.138. The Labute approximate surface area is 59.0 Å². The van der Waals surface area contributed by atoms with Crippen molar-refractivity contribution in [1.82, 2.24) is 0 Å². The van der Waals surface area contributed by atoms with Gasteiger partial charge < -0.3 is 10.8 Å². The molecule has 58 valence electrons. The molecule has 0 bridgehead atoms. The first kappa shape index (κ1) is 9.12. The summed E-state index contributed by atoms with van der Waals surface area (Å²) in [6.07, 6.45) is -0.161. The summed E-state index contributed by atoms with van der Waals surface area (Å²) in [6.45, 7) is 0. The molecular weight excluding hydrogens is 158 g/mol. The molecule has 0 heterocycles. The molecule has 0 aliphatic rings. The monoisotopic (exact) mass is 165 g/mol. The topological polar surface area (TPSA) is 97.5 Å². The largest absolute Gasteiger partial charge is 0.480 e. The maximum Gasteiger partial charge on any atom is 0.320 e. The molecule has 10 heavy (non-hydrogen) atoms. The van der Waals surface area contributed by atoms with E-state index in [1.54, 1.807) is 0 Å². The van der Waals surface area contributed by atoms with Gasteiger partial charge in [-0.1, -0.05) is 0 Å². The summed E-state index contributed by atoms with van der Waals surface area (Å²) in [7, 11) is -2.32. The maximum atomic E-state index is 9.97. The molecule has 1 unspecified atom stereocenters. The molecule has 3 N–H and O–H groups in total. The molecule has 6 heteroatoms. The number of aliphatic carboxylic acids is 1. The molecule has 0 saturated heterocycles. The second-order valence-corrected chi connectivity index (χ2v) is 2.46. The van der Waals surface area contributed by atoms with E-state index in [9.17, 15) is 13.2 Å². The molecule has 0 saturated carbocycles. The Morgan fingerprint density at radius 2 is 2.20 bits per heavy atom. The van der Waals surface area contributed by atoms with Gasteiger partial charge in [-0.3, -0.25) is 4.79 Å². The zero-order valence-electron chi connectivity index (χ0n) is 5.02. The maximum absolute atomic E-state index is 9.97. The zero-order chi connectivity index (χ0) is 8.15. The molecular formula is C4H7NO4S. The van der Waals surface area contributed by atoms with Crippen LogP contribution >= 0.6 is 0 Å². The molecule has 0 spiro atoms. The number of hydrogen-bond donors (Lipinski definition) is 2. The fraction of sp³-hybridized carbons (Fsp3) is 0.500. The van der Waals surface area contributed by atoms with Crippen LogP contribution in [0, 0.1) is 0 Å². The molecule has 0 aliphatic heterocycles. The van der Waals surface area contributed by atoms with E-state index >= 15 is 0 Å². The molecule has 0 aromatic heterocycles. The summed E-state index contributed by atoms with van der Waals surface area (Å²) in [6, 6.07) is -1.13. The van der Waals surface area contributed by atoms with Gasteiger partial charge in [0.2, 0.25) is 10.3 Å². The van der Waals surface area contributed by atoms with E-state index in [4.69, 9.17) is 10.8 Å². The van der Waals surface area contributed by atoms with Crippen molar-refractivity contribution in [2.24, 2.45) is 5.73 Å². The van der Waals surface area contributed by atoms with E-state index < -0.39 is 22.3 Å². The van der Waals surface area contributed by atoms with E-state index in [1.807, 2.05) is 0 Å². The lowest BCUT2D eigenvalue weighted by Crippen LogP contribution is -2.30. The smallest absolute Gasteiger partial charge is 0.320 e. The van der Waals surface area contributed by atoms with Crippen LogP contribution in [-0.4, -0.2) is 30.9 Å². The third-order valence-corrected chi connectivity index (χ3v) is 1.27.